The van der Waals surface area contributed by atoms with Gasteiger partial charge >= 0.3 is 6.61 Å². The fourth-order valence-corrected chi connectivity index (χ4v) is 2.70. The van der Waals surface area contributed by atoms with Crippen molar-refractivity contribution < 1.29 is 18.3 Å². The third-order valence-corrected chi connectivity index (χ3v) is 3.93. The normalized spacial score (nSPS) is 11.1. The summed E-state index contributed by atoms with van der Waals surface area (Å²) in [6.45, 7) is -2.92. The van der Waals surface area contributed by atoms with Crippen LogP contribution in [-0.4, -0.2) is 22.3 Å². The summed E-state index contributed by atoms with van der Waals surface area (Å²) in [5, 5.41) is 6.75. The highest BCUT2D eigenvalue weighted by atomic mass is 19.3. The second kappa shape index (κ2) is 8.94. The lowest BCUT2D eigenvalue weighted by Crippen LogP contribution is -2.09. The van der Waals surface area contributed by atoms with E-state index >= 15 is 0 Å². The monoisotopic (exact) mass is 383 g/mol. The summed E-state index contributed by atoms with van der Waals surface area (Å²) in [6, 6.07) is 14.0. The van der Waals surface area contributed by atoms with E-state index in [0.29, 0.717) is 17.7 Å². The first-order valence-corrected chi connectivity index (χ1v) is 8.59. The van der Waals surface area contributed by atoms with Gasteiger partial charge in [-0.1, -0.05) is 30.3 Å². The number of halogens is 2. The van der Waals surface area contributed by atoms with E-state index in [1.165, 1.54) is 18.2 Å². The van der Waals surface area contributed by atoms with Crippen molar-refractivity contribution in [2.24, 2.45) is 7.05 Å². The van der Waals surface area contributed by atoms with Gasteiger partial charge in [-0.05, 0) is 29.8 Å². The standard InChI is InChI=1S/C21H19F2N3O2/c1-26-14-16(13-24-26)7-10-20(27)25-18-8-9-19(28-21(22)23)17(12-18)11-15-5-3-2-4-6-15/h2-10,12-14,21H,11H2,1H3,(H,25,27)/b10-7+. The number of amides is 1. The van der Waals surface area contributed by atoms with Crippen LogP contribution in [0.5, 0.6) is 5.75 Å². The summed E-state index contributed by atoms with van der Waals surface area (Å²) in [7, 11) is 1.79. The Labute approximate surface area is 161 Å². The van der Waals surface area contributed by atoms with Crippen LogP contribution in [0.2, 0.25) is 0 Å². The van der Waals surface area contributed by atoms with Crippen molar-refractivity contribution >= 4 is 17.7 Å². The average Bonchev–Trinajstić information content (AvgIpc) is 3.08. The number of alkyl halides is 2. The molecule has 0 fully saturated rings. The summed E-state index contributed by atoms with van der Waals surface area (Å²) in [6.07, 6.45) is 6.84. The number of rotatable bonds is 7. The second-order valence-corrected chi connectivity index (χ2v) is 6.13. The number of anilines is 1. The Morgan fingerprint density at radius 3 is 2.71 bits per heavy atom. The van der Waals surface area contributed by atoms with Crippen LogP contribution >= 0.6 is 0 Å². The predicted molar refractivity (Wildman–Crippen MR) is 103 cm³/mol. The smallest absolute Gasteiger partial charge is 0.387 e. The highest BCUT2D eigenvalue weighted by Crippen LogP contribution is 2.27. The van der Waals surface area contributed by atoms with Crippen LogP contribution < -0.4 is 10.1 Å². The number of carbonyl (C=O) groups excluding carboxylic acids is 1. The van der Waals surface area contributed by atoms with Crippen molar-refractivity contribution in [3.05, 3.63) is 83.7 Å². The Morgan fingerprint density at radius 1 is 1.25 bits per heavy atom. The quantitative estimate of drug-likeness (QED) is 0.620. The van der Waals surface area contributed by atoms with Gasteiger partial charge in [-0.2, -0.15) is 13.9 Å². The van der Waals surface area contributed by atoms with Crippen LogP contribution in [0.15, 0.2) is 67.0 Å². The third-order valence-electron chi connectivity index (χ3n) is 3.93. The van der Waals surface area contributed by atoms with Crippen LogP contribution in [-0.2, 0) is 18.3 Å². The molecule has 0 aliphatic rings. The Hall–Kier alpha value is -3.48. The largest absolute Gasteiger partial charge is 0.435 e. The zero-order valence-corrected chi connectivity index (χ0v) is 15.2. The number of benzene rings is 2. The highest BCUT2D eigenvalue weighted by Gasteiger charge is 2.12. The molecule has 144 valence electrons. The number of aromatic nitrogens is 2. The van der Waals surface area contributed by atoms with Gasteiger partial charge in [0.05, 0.1) is 6.20 Å². The summed E-state index contributed by atoms with van der Waals surface area (Å²) < 4.78 is 31.7. The van der Waals surface area contributed by atoms with Crippen molar-refractivity contribution in [2.45, 2.75) is 13.0 Å². The Morgan fingerprint density at radius 2 is 2.04 bits per heavy atom. The minimum absolute atomic E-state index is 0.0859. The number of nitrogens with zero attached hydrogens (tertiary/aromatic N) is 2. The zero-order chi connectivity index (χ0) is 19.9. The SMILES string of the molecule is Cn1cc(/C=C/C(=O)Nc2ccc(OC(F)F)c(Cc3ccccc3)c2)cn1. The lowest BCUT2D eigenvalue weighted by atomic mass is 10.0. The molecule has 1 amide bonds. The first-order chi connectivity index (χ1) is 13.5. The van der Waals surface area contributed by atoms with E-state index in [0.717, 1.165) is 11.1 Å². The van der Waals surface area contributed by atoms with Gasteiger partial charge in [0.15, 0.2) is 0 Å². The van der Waals surface area contributed by atoms with Crippen molar-refractivity contribution in [3.8, 4) is 5.75 Å². The van der Waals surface area contributed by atoms with Crippen LogP contribution in [0.3, 0.4) is 0 Å². The molecule has 7 heteroatoms. The molecule has 0 saturated heterocycles. The van der Waals surface area contributed by atoms with E-state index in [-0.39, 0.29) is 11.7 Å². The Kier molecular flexibility index (Phi) is 6.16. The molecule has 0 atom stereocenters. The molecule has 1 aromatic heterocycles. The molecular weight excluding hydrogens is 364 g/mol. The maximum absolute atomic E-state index is 12.7. The molecule has 0 saturated carbocycles. The lowest BCUT2D eigenvalue weighted by molar-refractivity contribution is -0.111. The van der Waals surface area contributed by atoms with Crippen LogP contribution in [0.1, 0.15) is 16.7 Å². The number of aryl methyl sites for hydroxylation is 1. The maximum Gasteiger partial charge on any atom is 0.387 e. The van der Waals surface area contributed by atoms with Gasteiger partial charge in [-0.25, -0.2) is 0 Å². The zero-order valence-electron chi connectivity index (χ0n) is 15.2. The molecule has 0 aliphatic carbocycles. The van der Waals surface area contributed by atoms with Gasteiger partial charge in [0, 0.05) is 42.6 Å². The molecule has 0 spiro atoms. The number of nitrogens with one attached hydrogen (secondary N) is 1. The molecule has 1 heterocycles. The van der Waals surface area contributed by atoms with Gasteiger partial charge in [0.1, 0.15) is 5.75 Å². The molecule has 0 aliphatic heterocycles. The fraction of sp³-hybridized carbons (Fsp3) is 0.143. The molecule has 5 nitrogen and oxygen atoms in total. The van der Waals surface area contributed by atoms with Crippen molar-refractivity contribution in [3.63, 3.8) is 0 Å². The van der Waals surface area contributed by atoms with E-state index in [4.69, 9.17) is 0 Å². The summed E-state index contributed by atoms with van der Waals surface area (Å²) in [5.74, 6) is -0.250. The first-order valence-electron chi connectivity index (χ1n) is 8.59. The van der Waals surface area contributed by atoms with Gasteiger partial charge in [-0.15, -0.1) is 0 Å². The number of hydrogen-bond donors (Lipinski definition) is 1. The first kappa shape index (κ1) is 19.3. The van der Waals surface area contributed by atoms with Gasteiger partial charge in [0.2, 0.25) is 5.91 Å². The van der Waals surface area contributed by atoms with Gasteiger partial charge in [0.25, 0.3) is 0 Å². The average molecular weight is 383 g/mol. The number of hydrogen-bond acceptors (Lipinski definition) is 3. The van der Waals surface area contributed by atoms with Crippen molar-refractivity contribution in [1.29, 1.82) is 0 Å². The lowest BCUT2D eigenvalue weighted by Gasteiger charge is -2.13. The molecule has 28 heavy (non-hydrogen) atoms. The molecule has 1 N–H and O–H groups in total. The van der Waals surface area contributed by atoms with E-state index in [9.17, 15) is 13.6 Å². The Balaban J connectivity index is 1.76. The van der Waals surface area contributed by atoms with Gasteiger partial charge < -0.3 is 10.1 Å². The summed E-state index contributed by atoms with van der Waals surface area (Å²) in [5.41, 5.74) is 2.79. The van der Waals surface area contributed by atoms with E-state index in [2.05, 4.69) is 15.2 Å². The molecule has 2 aromatic carbocycles. The molecule has 3 aromatic rings. The molecular formula is C21H19F2N3O2. The predicted octanol–water partition coefficient (Wildman–Crippen LogP) is 4.26. The van der Waals surface area contributed by atoms with E-state index < -0.39 is 6.61 Å². The summed E-state index contributed by atoms with van der Waals surface area (Å²) in [4.78, 5) is 12.1. The molecule has 3 rings (SSSR count). The van der Waals surface area contributed by atoms with Gasteiger partial charge in [-0.3, -0.25) is 9.48 Å². The second-order valence-electron chi connectivity index (χ2n) is 6.13. The maximum atomic E-state index is 12.7. The highest BCUT2D eigenvalue weighted by molar-refractivity contribution is 6.02. The molecule has 0 unspecified atom stereocenters. The number of carbonyl (C=O) groups is 1. The van der Waals surface area contributed by atoms with Crippen molar-refractivity contribution in [1.82, 2.24) is 9.78 Å². The topological polar surface area (TPSA) is 56.2 Å². The molecule has 0 bridgehead atoms. The summed E-state index contributed by atoms with van der Waals surface area (Å²) >= 11 is 0. The van der Waals surface area contributed by atoms with Crippen molar-refractivity contribution in [2.75, 3.05) is 5.32 Å². The Bertz CT molecular complexity index is 969. The molecule has 0 radical (unpaired) electrons. The van der Waals surface area contributed by atoms with Crippen LogP contribution in [0.4, 0.5) is 14.5 Å². The fourth-order valence-electron chi connectivity index (χ4n) is 2.70. The van der Waals surface area contributed by atoms with Crippen LogP contribution in [0.25, 0.3) is 6.08 Å². The van der Waals surface area contributed by atoms with E-state index in [1.807, 2.05) is 30.3 Å². The van der Waals surface area contributed by atoms with Crippen LogP contribution in [0, 0.1) is 0 Å². The number of ether oxygens (including phenoxy) is 1. The third kappa shape index (κ3) is 5.51. The minimum Gasteiger partial charge on any atom is -0.435 e. The van der Waals surface area contributed by atoms with E-state index in [1.54, 1.807) is 36.3 Å². The minimum atomic E-state index is -2.92.